The van der Waals surface area contributed by atoms with Gasteiger partial charge >= 0.3 is 0 Å². The third-order valence-electron chi connectivity index (χ3n) is 2.84. The molecule has 1 amide bonds. The molecule has 0 bridgehead atoms. The average Bonchev–Trinajstić information content (AvgIpc) is 2.45. The predicted octanol–water partition coefficient (Wildman–Crippen LogP) is 3.84. The topological polar surface area (TPSA) is 54.0 Å². The molecule has 0 spiro atoms. The van der Waals surface area contributed by atoms with Crippen LogP contribution in [0.3, 0.4) is 0 Å². The molecule has 20 heavy (non-hydrogen) atoms. The molecule has 5 heteroatoms. The van der Waals surface area contributed by atoms with Crippen LogP contribution >= 0.6 is 15.9 Å². The third-order valence-corrected chi connectivity index (χ3v) is 3.89. The van der Waals surface area contributed by atoms with E-state index in [-0.39, 0.29) is 5.91 Å². The molecule has 2 aromatic rings. The molecule has 0 saturated carbocycles. The van der Waals surface area contributed by atoms with Crippen LogP contribution in [-0.2, 0) is 0 Å². The molecular weight excluding hydrogens is 318 g/mol. The number of pyridine rings is 1. The molecule has 0 aliphatic heterocycles. The fourth-order valence-electron chi connectivity index (χ4n) is 1.83. The Morgan fingerprint density at radius 3 is 2.85 bits per heavy atom. The lowest BCUT2D eigenvalue weighted by molar-refractivity contribution is 0.102. The predicted molar refractivity (Wildman–Crippen MR) is 85.2 cm³/mol. The number of hydrogen-bond donors (Lipinski definition) is 2. The van der Waals surface area contributed by atoms with E-state index in [9.17, 15) is 4.79 Å². The molecule has 104 valence electrons. The van der Waals surface area contributed by atoms with Crippen LogP contribution in [0.4, 0.5) is 11.5 Å². The van der Waals surface area contributed by atoms with Gasteiger partial charge in [-0.2, -0.15) is 0 Å². The van der Waals surface area contributed by atoms with Crippen LogP contribution in [0.1, 0.15) is 22.8 Å². The molecule has 0 atom stereocenters. The summed E-state index contributed by atoms with van der Waals surface area (Å²) in [6, 6.07) is 9.25. The lowest BCUT2D eigenvalue weighted by atomic mass is 10.2. The Morgan fingerprint density at radius 2 is 2.10 bits per heavy atom. The standard InChI is InChI=1S/C15H16BrN3O/c1-3-17-14-11(7-5-9-18-14)15(20)19-12-8-4-6-10(2)13(12)16/h4-9H,3H2,1-2H3,(H,17,18)(H,19,20). The summed E-state index contributed by atoms with van der Waals surface area (Å²) in [4.78, 5) is 16.5. The number of nitrogens with one attached hydrogen (secondary N) is 2. The zero-order chi connectivity index (χ0) is 14.5. The van der Waals surface area contributed by atoms with Crippen molar-refractivity contribution in [2.45, 2.75) is 13.8 Å². The van der Waals surface area contributed by atoms with Crippen molar-refractivity contribution in [3.05, 3.63) is 52.1 Å². The highest BCUT2D eigenvalue weighted by molar-refractivity contribution is 9.10. The minimum atomic E-state index is -0.180. The average molecular weight is 334 g/mol. The molecule has 1 aromatic carbocycles. The second-order valence-corrected chi connectivity index (χ2v) is 5.11. The van der Waals surface area contributed by atoms with Crippen LogP contribution in [-0.4, -0.2) is 17.4 Å². The quantitative estimate of drug-likeness (QED) is 0.893. The monoisotopic (exact) mass is 333 g/mol. The Balaban J connectivity index is 2.26. The third kappa shape index (κ3) is 3.17. The molecule has 1 aromatic heterocycles. The van der Waals surface area contributed by atoms with Crippen LogP contribution in [0.25, 0.3) is 0 Å². The van der Waals surface area contributed by atoms with Gasteiger partial charge in [-0.05, 0) is 53.5 Å². The van der Waals surface area contributed by atoms with E-state index in [1.165, 1.54) is 0 Å². The number of anilines is 2. The van der Waals surface area contributed by atoms with Crippen molar-refractivity contribution >= 4 is 33.3 Å². The minimum absolute atomic E-state index is 0.180. The normalized spacial score (nSPS) is 10.2. The van der Waals surface area contributed by atoms with Crippen molar-refractivity contribution in [3.63, 3.8) is 0 Å². The molecular formula is C15H16BrN3O. The molecule has 0 aliphatic rings. The molecule has 0 unspecified atom stereocenters. The minimum Gasteiger partial charge on any atom is -0.370 e. The molecule has 0 saturated heterocycles. The van der Waals surface area contributed by atoms with Gasteiger partial charge in [-0.1, -0.05) is 12.1 Å². The Bertz CT molecular complexity index is 628. The summed E-state index contributed by atoms with van der Waals surface area (Å²) in [5.74, 6) is 0.414. The highest BCUT2D eigenvalue weighted by atomic mass is 79.9. The van der Waals surface area contributed by atoms with Gasteiger partial charge in [-0.15, -0.1) is 0 Å². The lowest BCUT2D eigenvalue weighted by Crippen LogP contribution is -2.16. The number of hydrogen-bond acceptors (Lipinski definition) is 3. The lowest BCUT2D eigenvalue weighted by Gasteiger charge is -2.11. The Morgan fingerprint density at radius 1 is 1.30 bits per heavy atom. The fourth-order valence-corrected chi connectivity index (χ4v) is 2.19. The van der Waals surface area contributed by atoms with Gasteiger partial charge < -0.3 is 10.6 Å². The number of aryl methyl sites for hydroxylation is 1. The van der Waals surface area contributed by atoms with Crippen molar-refractivity contribution in [2.24, 2.45) is 0 Å². The summed E-state index contributed by atoms with van der Waals surface area (Å²) in [5.41, 5.74) is 2.35. The van der Waals surface area contributed by atoms with Crippen molar-refractivity contribution in [1.82, 2.24) is 4.98 Å². The molecule has 4 nitrogen and oxygen atoms in total. The van der Waals surface area contributed by atoms with Crippen LogP contribution in [0, 0.1) is 6.92 Å². The second-order valence-electron chi connectivity index (χ2n) is 4.32. The highest BCUT2D eigenvalue weighted by Gasteiger charge is 2.13. The maximum Gasteiger partial charge on any atom is 0.259 e. The summed E-state index contributed by atoms with van der Waals surface area (Å²) < 4.78 is 0.891. The highest BCUT2D eigenvalue weighted by Crippen LogP contribution is 2.26. The largest absolute Gasteiger partial charge is 0.370 e. The van der Waals surface area contributed by atoms with E-state index < -0.39 is 0 Å². The van der Waals surface area contributed by atoms with Crippen LogP contribution < -0.4 is 10.6 Å². The first kappa shape index (κ1) is 14.5. The fraction of sp³-hybridized carbons (Fsp3) is 0.200. The summed E-state index contributed by atoms with van der Waals surface area (Å²) in [6.45, 7) is 4.66. The first-order valence-corrected chi connectivity index (χ1v) is 7.18. The first-order chi connectivity index (χ1) is 9.63. The maximum absolute atomic E-state index is 12.4. The van der Waals surface area contributed by atoms with E-state index in [1.807, 2.05) is 32.0 Å². The molecule has 0 aliphatic carbocycles. The number of nitrogens with zero attached hydrogens (tertiary/aromatic N) is 1. The zero-order valence-electron chi connectivity index (χ0n) is 11.4. The van der Waals surface area contributed by atoms with Crippen molar-refractivity contribution in [1.29, 1.82) is 0 Å². The van der Waals surface area contributed by atoms with Crippen molar-refractivity contribution in [2.75, 3.05) is 17.2 Å². The van der Waals surface area contributed by atoms with Gasteiger partial charge in [-0.3, -0.25) is 4.79 Å². The zero-order valence-corrected chi connectivity index (χ0v) is 13.0. The molecule has 0 radical (unpaired) electrons. The van der Waals surface area contributed by atoms with Gasteiger partial charge in [0.15, 0.2) is 0 Å². The second kappa shape index (κ2) is 6.52. The van der Waals surface area contributed by atoms with Gasteiger partial charge in [0.1, 0.15) is 5.82 Å². The van der Waals surface area contributed by atoms with E-state index >= 15 is 0 Å². The van der Waals surface area contributed by atoms with Gasteiger partial charge in [0.25, 0.3) is 5.91 Å². The number of carbonyl (C=O) groups is 1. The van der Waals surface area contributed by atoms with Crippen LogP contribution in [0.15, 0.2) is 41.0 Å². The number of carbonyl (C=O) groups excluding carboxylic acids is 1. The van der Waals surface area contributed by atoms with E-state index in [1.54, 1.807) is 18.3 Å². The Kier molecular flexibility index (Phi) is 4.74. The molecule has 2 rings (SSSR count). The van der Waals surface area contributed by atoms with Gasteiger partial charge in [0.05, 0.1) is 11.3 Å². The number of aromatic nitrogens is 1. The smallest absolute Gasteiger partial charge is 0.259 e. The number of rotatable bonds is 4. The summed E-state index contributed by atoms with van der Waals surface area (Å²) in [5, 5.41) is 5.99. The number of amides is 1. The van der Waals surface area contributed by atoms with E-state index in [0.29, 0.717) is 17.9 Å². The SMILES string of the molecule is CCNc1ncccc1C(=O)Nc1cccc(C)c1Br. The summed E-state index contributed by atoms with van der Waals surface area (Å²) in [6.07, 6.45) is 1.66. The summed E-state index contributed by atoms with van der Waals surface area (Å²) in [7, 11) is 0. The van der Waals surface area contributed by atoms with Gasteiger partial charge in [0.2, 0.25) is 0 Å². The van der Waals surface area contributed by atoms with Crippen LogP contribution in [0.5, 0.6) is 0 Å². The molecule has 2 N–H and O–H groups in total. The Hall–Kier alpha value is -1.88. The molecule has 1 heterocycles. The Labute approximate surface area is 126 Å². The van der Waals surface area contributed by atoms with Gasteiger partial charge in [-0.25, -0.2) is 4.98 Å². The number of benzene rings is 1. The van der Waals surface area contributed by atoms with E-state index in [4.69, 9.17) is 0 Å². The van der Waals surface area contributed by atoms with Crippen molar-refractivity contribution < 1.29 is 4.79 Å². The van der Waals surface area contributed by atoms with Crippen LogP contribution in [0.2, 0.25) is 0 Å². The van der Waals surface area contributed by atoms with E-state index in [2.05, 4.69) is 31.5 Å². The summed E-state index contributed by atoms with van der Waals surface area (Å²) >= 11 is 3.48. The maximum atomic E-state index is 12.4. The molecule has 0 fully saturated rings. The number of halogens is 1. The first-order valence-electron chi connectivity index (χ1n) is 6.38. The van der Waals surface area contributed by atoms with Gasteiger partial charge in [0, 0.05) is 17.2 Å². The van der Waals surface area contributed by atoms with E-state index in [0.717, 1.165) is 15.7 Å². The van der Waals surface area contributed by atoms with Crippen molar-refractivity contribution in [3.8, 4) is 0 Å².